The van der Waals surface area contributed by atoms with Gasteiger partial charge in [0.2, 0.25) is 5.88 Å². The Morgan fingerprint density at radius 3 is 2.85 bits per heavy atom. The molecule has 6 heteroatoms. The lowest BCUT2D eigenvalue weighted by molar-refractivity contribution is 0.157. The molecule has 0 amide bonds. The van der Waals surface area contributed by atoms with Gasteiger partial charge >= 0.3 is 0 Å². The van der Waals surface area contributed by atoms with Gasteiger partial charge in [0, 0.05) is 44.9 Å². The minimum atomic E-state index is 0.349. The number of pyridine rings is 1. The van der Waals surface area contributed by atoms with Gasteiger partial charge in [-0.2, -0.15) is 0 Å². The fourth-order valence-electron chi connectivity index (χ4n) is 3.74. The van der Waals surface area contributed by atoms with Crippen LogP contribution in [0.2, 0.25) is 0 Å². The van der Waals surface area contributed by atoms with Crippen LogP contribution in [0.4, 0.5) is 0 Å². The smallest absolute Gasteiger partial charge is 0.213 e. The number of nitrogens with zero attached hydrogens (tertiary/aromatic N) is 3. The van der Waals surface area contributed by atoms with E-state index in [9.17, 15) is 0 Å². The van der Waals surface area contributed by atoms with E-state index in [2.05, 4.69) is 28.2 Å². The molecular formula is C20H32N4O2. The molecule has 0 aromatic carbocycles. The number of hydrogen-bond acceptors (Lipinski definition) is 4. The maximum absolute atomic E-state index is 5.93. The lowest BCUT2D eigenvalue weighted by atomic mass is 10.1. The number of ether oxygens (including phenoxy) is 2. The molecule has 0 spiro atoms. The molecule has 3 rings (SSSR count). The molecule has 1 unspecified atom stereocenters. The average Bonchev–Trinajstić information content (AvgIpc) is 3.32. The molecule has 2 heterocycles. The minimum Gasteiger partial charge on any atom is -0.474 e. The molecule has 0 bridgehead atoms. The second kappa shape index (κ2) is 9.76. The first-order chi connectivity index (χ1) is 12.8. The van der Waals surface area contributed by atoms with Crippen molar-refractivity contribution in [2.24, 2.45) is 10.9 Å². The number of nitrogens with one attached hydrogen (secondary N) is 1. The van der Waals surface area contributed by atoms with Crippen LogP contribution in [0, 0.1) is 5.92 Å². The predicted octanol–water partition coefficient (Wildman–Crippen LogP) is 2.84. The average molecular weight is 361 g/mol. The van der Waals surface area contributed by atoms with Crippen molar-refractivity contribution < 1.29 is 9.47 Å². The van der Waals surface area contributed by atoms with Crippen LogP contribution in [0.15, 0.2) is 23.3 Å². The number of rotatable bonds is 7. The largest absolute Gasteiger partial charge is 0.474 e. The van der Waals surface area contributed by atoms with E-state index in [1.165, 1.54) is 12.8 Å². The van der Waals surface area contributed by atoms with E-state index in [-0.39, 0.29) is 0 Å². The molecule has 1 aromatic heterocycles. The molecule has 2 aliphatic rings. The number of guanidine groups is 1. The summed E-state index contributed by atoms with van der Waals surface area (Å²) in [6.07, 6.45) is 8.24. The fraction of sp³-hybridized carbons (Fsp3) is 0.700. The third-order valence-corrected chi connectivity index (χ3v) is 5.12. The molecular weight excluding hydrogens is 328 g/mol. The maximum atomic E-state index is 5.93. The highest BCUT2D eigenvalue weighted by molar-refractivity contribution is 5.80. The molecule has 1 atom stereocenters. The van der Waals surface area contributed by atoms with Gasteiger partial charge in [0.25, 0.3) is 0 Å². The quantitative estimate of drug-likeness (QED) is 0.598. The van der Waals surface area contributed by atoms with Crippen molar-refractivity contribution in [3.05, 3.63) is 23.9 Å². The maximum Gasteiger partial charge on any atom is 0.213 e. The summed E-state index contributed by atoms with van der Waals surface area (Å²) in [7, 11) is 1.77. The Labute approximate surface area is 157 Å². The SMILES string of the molecule is CCNC(=NCc1ccc(OC2CCCC2)nc1)N1CCC(COC)C1. The summed E-state index contributed by atoms with van der Waals surface area (Å²) in [5.41, 5.74) is 1.10. The van der Waals surface area contributed by atoms with Crippen LogP contribution in [-0.4, -0.2) is 55.3 Å². The first kappa shape index (κ1) is 19.0. The Morgan fingerprint density at radius 1 is 1.31 bits per heavy atom. The summed E-state index contributed by atoms with van der Waals surface area (Å²) in [5, 5.41) is 3.41. The topological polar surface area (TPSA) is 59.0 Å². The highest BCUT2D eigenvalue weighted by Gasteiger charge is 2.24. The molecule has 144 valence electrons. The summed E-state index contributed by atoms with van der Waals surface area (Å²) in [4.78, 5) is 11.6. The van der Waals surface area contributed by atoms with Crippen molar-refractivity contribution in [1.82, 2.24) is 15.2 Å². The second-order valence-corrected chi connectivity index (χ2v) is 7.26. The van der Waals surface area contributed by atoms with Gasteiger partial charge in [0.1, 0.15) is 6.10 Å². The zero-order valence-corrected chi connectivity index (χ0v) is 16.1. The monoisotopic (exact) mass is 360 g/mol. The van der Waals surface area contributed by atoms with E-state index in [4.69, 9.17) is 14.5 Å². The fourth-order valence-corrected chi connectivity index (χ4v) is 3.74. The second-order valence-electron chi connectivity index (χ2n) is 7.26. The van der Waals surface area contributed by atoms with Gasteiger partial charge in [-0.15, -0.1) is 0 Å². The van der Waals surface area contributed by atoms with Gasteiger partial charge in [-0.3, -0.25) is 0 Å². The van der Waals surface area contributed by atoms with Gasteiger partial charge < -0.3 is 19.7 Å². The molecule has 1 aliphatic heterocycles. The van der Waals surface area contributed by atoms with Crippen molar-refractivity contribution in [2.75, 3.05) is 33.4 Å². The summed E-state index contributed by atoms with van der Waals surface area (Å²) in [5.74, 6) is 2.31. The van der Waals surface area contributed by atoms with Crippen molar-refractivity contribution >= 4 is 5.96 Å². The number of aliphatic imine (C=N–C) groups is 1. The van der Waals surface area contributed by atoms with Crippen molar-refractivity contribution in [1.29, 1.82) is 0 Å². The van der Waals surface area contributed by atoms with Crippen LogP contribution in [0.1, 0.15) is 44.6 Å². The van der Waals surface area contributed by atoms with E-state index in [0.717, 1.165) is 62.9 Å². The van der Waals surface area contributed by atoms with Crippen molar-refractivity contribution in [2.45, 2.75) is 51.7 Å². The lowest BCUT2D eigenvalue weighted by Gasteiger charge is -2.21. The Bertz CT molecular complexity index is 570. The minimum absolute atomic E-state index is 0.349. The third kappa shape index (κ3) is 5.34. The highest BCUT2D eigenvalue weighted by Crippen LogP contribution is 2.23. The van der Waals surface area contributed by atoms with Crippen molar-refractivity contribution in [3.63, 3.8) is 0 Å². The summed E-state index contributed by atoms with van der Waals surface area (Å²) in [6.45, 7) is 6.47. The predicted molar refractivity (Wildman–Crippen MR) is 103 cm³/mol. The molecule has 26 heavy (non-hydrogen) atoms. The van der Waals surface area contributed by atoms with E-state index < -0.39 is 0 Å². The van der Waals surface area contributed by atoms with Crippen LogP contribution in [0.5, 0.6) is 5.88 Å². The molecule has 1 saturated carbocycles. The first-order valence-electron chi connectivity index (χ1n) is 9.92. The Hall–Kier alpha value is -1.82. The van der Waals surface area contributed by atoms with Crippen LogP contribution in [0.25, 0.3) is 0 Å². The normalized spacial score (nSPS) is 21.4. The zero-order valence-electron chi connectivity index (χ0n) is 16.1. The number of methoxy groups -OCH3 is 1. The number of likely N-dealkylation sites (tertiary alicyclic amines) is 1. The van der Waals surface area contributed by atoms with E-state index in [0.29, 0.717) is 18.6 Å². The van der Waals surface area contributed by atoms with E-state index in [1.807, 2.05) is 12.3 Å². The molecule has 6 nitrogen and oxygen atoms in total. The van der Waals surface area contributed by atoms with Gasteiger partial charge in [-0.1, -0.05) is 6.07 Å². The molecule has 1 aromatic rings. The molecule has 1 aliphatic carbocycles. The van der Waals surface area contributed by atoms with Gasteiger partial charge in [0.15, 0.2) is 5.96 Å². The number of aromatic nitrogens is 1. The summed E-state index contributed by atoms with van der Waals surface area (Å²) >= 11 is 0. The molecule has 1 saturated heterocycles. The van der Waals surface area contributed by atoms with Gasteiger partial charge in [-0.25, -0.2) is 9.98 Å². The summed E-state index contributed by atoms with van der Waals surface area (Å²) < 4.78 is 11.2. The Morgan fingerprint density at radius 2 is 2.15 bits per heavy atom. The standard InChI is InChI=1S/C20H32N4O2/c1-3-21-20(24-11-10-17(14-24)15-25-2)23-13-16-8-9-19(22-12-16)26-18-6-4-5-7-18/h8-9,12,17-18H,3-7,10-11,13-15H2,1-2H3,(H,21,23). The molecule has 0 radical (unpaired) electrons. The molecule has 2 fully saturated rings. The lowest BCUT2D eigenvalue weighted by Crippen LogP contribution is -2.40. The third-order valence-electron chi connectivity index (χ3n) is 5.12. The summed E-state index contributed by atoms with van der Waals surface area (Å²) in [6, 6.07) is 4.04. The van der Waals surface area contributed by atoms with E-state index in [1.54, 1.807) is 7.11 Å². The Balaban J connectivity index is 1.55. The van der Waals surface area contributed by atoms with Gasteiger partial charge in [0.05, 0.1) is 13.2 Å². The number of hydrogen-bond donors (Lipinski definition) is 1. The van der Waals surface area contributed by atoms with Crippen LogP contribution >= 0.6 is 0 Å². The van der Waals surface area contributed by atoms with Crippen LogP contribution in [0.3, 0.4) is 0 Å². The highest BCUT2D eigenvalue weighted by atomic mass is 16.5. The Kier molecular flexibility index (Phi) is 7.12. The first-order valence-corrected chi connectivity index (χ1v) is 9.92. The van der Waals surface area contributed by atoms with E-state index >= 15 is 0 Å². The zero-order chi connectivity index (χ0) is 18.2. The molecule has 1 N–H and O–H groups in total. The van der Waals surface area contributed by atoms with Crippen molar-refractivity contribution in [3.8, 4) is 5.88 Å². The van der Waals surface area contributed by atoms with Crippen LogP contribution in [-0.2, 0) is 11.3 Å². The van der Waals surface area contributed by atoms with Gasteiger partial charge in [-0.05, 0) is 44.6 Å². The van der Waals surface area contributed by atoms with Crippen LogP contribution < -0.4 is 10.1 Å².